The Bertz CT molecular complexity index is 1500. The van der Waals surface area contributed by atoms with Gasteiger partial charge in [-0.15, -0.1) is 0 Å². The highest BCUT2D eigenvalue weighted by Gasteiger charge is 2.39. The van der Waals surface area contributed by atoms with Gasteiger partial charge in [-0.2, -0.15) is 0 Å². The molecule has 53 heavy (non-hydrogen) atoms. The molecule has 11 N–H and O–H groups in total. The number of nitrogens with one attached hydrogen (secondary N) is 6. The number of benzene rings is 1. The highest BCUT2D eigenvalue weighted by atomic mass is 16.4. The minimum Gasteiger partial charge on any atom is -0.508 e. The number of hydrogen-bond donors (Lipinski definition) is 10. The molecule has 294 valence electrons. The maximum Gasteiger partial charge on any atom is 0.326 e. The van der Waals surface area contributed by atoms with E-state index in [1.807, 2.05) is 0 Å². The van der Waals surface area contributed by atoms with E-state index in [1.54, 1.807) is 13.8 Å². The third kappa shape index (κ3) is 13.0. The molecule has 0 unspecified atom stereocenters. The molecule has 0 saturated carbocycles. The molecule has 0 radical (unpaired) electrons. The molecule has 0 aromatic heterocycles. The lowest BCUT2D eigenvalue weighted by Gasteiger charge is -2.30. The SMILES string of the molecule is CC(C)[C@H](NC(=O)[C@H](Cc1ccc(O)cc1)NC(=O)[C@@H]1CCCN1C(=O)[C@H](CO)NC(=O)[C@H](C)NC(=O)[C@H](C)NC(=O)[C@H](C)NC(=O)[C@H](C)N)C(=O)O. The number of phenols is 1. The zero-order valence-electron chi connectivity index (χ0n) is 30.7. The Kier molecular flexibility index (Phi) is 16.6. The van der Waals surface area contributed by atoms with Crippen molar-refractivity contribution in [3.8, 4) is 5.75 Å². The number of rotatable bonds is 18. The second-order valence-corrected chi connectivity index (χ2v) is 13.4. The molecule has 2 rings (SSSR count). The number of carboxylic acid groups (broad SMARTS) is 1. The van der Waals surface area contributed by atoms with Crippen LogP contribution >= 0.6 is 0 Å². The van der Waals surface area contributed by atoms with Crippen LogP contribution in [-0.2, 0) is 44.8 Å². The van der Waals surface area contributed by atoms with Crippen molar-refractivity contribution < 1.29 is 53.7 Å². The first kappa shape index (κ1) is 43.9. The van der Waals surface area contributed by atoms with E-state index in [4.69, 9.17) is 5.73 Å². The Morgan fingerprint density at radius 1 is 0.736 bits per heavy atom. The maximum atomic E-state index is 13.6. The summed E-state index contributed by atoms with van der Waals surface area (Å²) in [6.07, 6.45) is 0.487. The van der Waals surface area contributed by atoms with Crippen molar-refractivity contribution in [3.05, 3.63) is 29.8 Å². The Balaban J connectivity index is 2.10. The average molecular weight is 749 g/mol. The van der Waals surface area contributed by atoms with Gasteiger partial charge < -0.3 is 57.9 Å². The fraction of sp³-hybridized carbons (Fsp3) is 0.588. The molecule has 8 atom stereocenters. The predicted molar refractivity (Wildman–Crippen MR) is 188 cm³/mol. The number of carbonyl (C=O) groups excluding carboxylic acids is 7. The molecule has 1 aliphatic heterocycles. The predicted octanol–water partition coefficient (Wildman–Crippen LogP) is -3.03. The van der Waals surface area contributed by atoms with Crippen LogP contribution in [0.2, 0.25) is 0 Å². The summed E-state index contributed by atoms with van der Waals surface area (Å²) in [6, 6.07) is -3.53. The maximum absolute atomic E-state index is 13.6. The van der Waals surface area contributed by atoms with Crippen LogP contribution in [0.3, 0.4) is 0 Å². The van der Waals surface area contributed by atoms with Crippen molar-refractivity contribution in [2.45, 2.75) is 109 Å². The van der Waals surface area contributed by atoms with Gasteiger partial charge in [0.2, 0.25) is 41.4 Å². The van der Waals surface area contributed by atoms with Gasteiger partial charge in [0.05, 0.1) is 12.6 Å². The molecule has 0 bridgehead atoms. The minimum absolute atomic E-state index is 0.0263. The first-order valence-corrected chi connectivity index (χ1v) is 17.3. The average Bonchev–Trinajstić information content (AvgIpc) is 3.59. The van der Waals surface area contributed by atoms with Gasteiger partial charge in [-0.25, -0.2) is 4.79 Å². The van der Waals surface area contributed by atoms with Gasteiger partial charge in [-0.05, 0) is 64.2 Å². The monoisotopic (exact) mass is 748 g/mol. The van der Waals surface area contributed by atoms with Crippen molar-refractivity contribution in [3.63, 3.8) is 0 Å². The van der Waals surface area contributed by atoms with Crippen LogP contribution in [0.5, 0.6) is 5.75 Å². The molecular formula is C34H52N8O11. The van der Waals surface area contributed by atoms with Gasteiger partial charge in [0.25, 0.3) is 0 Å². The molecule has 0 aliphatic carbocycles. The normalized spacial score (nSPS) is 17.9. The number of aliphatic hydroxyl groups excluding tert-OH is 1. The molecule has 19 heteroatoms. The van der Waals surface area contributed by atoms with E-state index in [2.05, 4.69) is 31.9 Å². The second-order valence-electron chi connectivity index (χ2n) is 13.4. The van der Waals surface area contributed by atoms with Crippen LogP contribution in [0, 0.1) is 5.92 Å². The first-order chi connectivity index (χ1) is 24.8. The van der Waals surface area contributed by atoms with Gasteiger partial charge >= 0.3 is 5.97 Å². The summed E-state index contributed by atoms with van der Waals surface area (Å²) < 4.78 is 0. The van der Waals surface area contributed by atoms with Crippen LogP contribution in [0.25, 0.3) is 0 Å². The molecule has 19 nitrogen and oxygen atoms in total. The van der Waals surface area contributed by atoms with Gasteiger partial charge in [-0.3, -0.25) is 33.6 Å². The van der Waals surface area contributed by atoms with Crippen LogP contribution in [0.1, 0.15) is 59.9 Å². The van der Waals surface area contributed by atoms with E-state index in [9.17, 15) is 53.7 Å². The molecule has 7 amide bonds. The number of aromatic hydroxyl groups is 1. The number of amides is 7. The fourth-order valence-corrected chi connectivity index (χ4v) is 5.32. The summed E-state index contributed by atoms with van der Waals surface area (Å²) in [4.78, 5) is 103. The summed E-state index contributed by atoms with van der Waals surface area (Å²) in [7, 11) is 0. The van der Waals surface area contributed by atoms with E-state index >= 15 is 0 Å². The lowest BCUT2D eigenvalue weighted by Crippen LogP contribution is -2.60. The summed E-state index contributed by atoms with van der Waals surface area (Å²) in [5.74, 6) is -6.95. The zero-order valence-corrected chi connectivity index (χ0v) is 30.7. The van der Waals surface area contributed by atoms with Gasteiger partial charge in [0.15, 0.2) is 0 Å². The summed E-state index contributed by atoms with van der Waals surface area (Å²) in [5.41, 5.74) is 6.02. The van der Waals surface area contributed by atoms with Gasteiger partial charge in [0, 0.05) is 13.0 Å². The third-order valence-electron chi connectivity index (χ3n) is 8.55. The lowest BCUT2D eigenvalue weighted by atomic mass is 10.0. The van der Waals surface area contributed by atoms with Crippen LogP contribution in [0.4, 0.5) is 0 Å². The molecule has 1 heterocycles. The first-order valence-electron chi connectivity index (χ1n) is 17.3. The third-order valence-corrected chi connectivity index (χ3v) is 8.55. The minimum atomic E-state index is -1.51. The molecular weight excluding hydrogens is 696 g/mol. The van der Waals surface area contributed by atoms with Crippen molar-refractivity contribution in [2.24, 2.45) is 11.7 Å². The van der Waals surface area contributed by atoms with Crippen LogP contribution in [0.15, 0.2) is 24.3 Å². The second kappa shape index (κ2) is 20.1. The van der Waals surface area contributed by atoms with Crippen molar-refractivity contribution in [1.29, 1.82) is 0 Å². The van der Waals surface area contributed by atoms with E-state index in [0.29, 0.717) is 12.0 Å². The quantitative estimate of drug-likeness (QED) is 0.0718. The Morgan fingerprint density at radius 2 is 1.25 bits per heavy atom. The molecule has 1 aromatic carbocycles. The summed E-state index contributed by atoms with van der Waals surface area (Å²) >= 11 is 0. The molecule has 1 saturated heterocycles. The lowest BCUT2D eigenvalue weighted by molar-refractivity contribution is -0.144. The fourth-order valence-electron chi connectivity index (χ4n) is 5.32. The molecule has 1 aromatic rings. The number of aliphatic hydroxyl groups is 1. The largest absolute Gasteiger partial charge is 0.508 e. The van der Waals surface area contributed by atoms with E-state index in [-0.39, 0.29) is 25.1 Å². The molecule has 0 spiro atoms. The smallest absolute Gasteiger partial charge is 0.326 e. The van der Waals surface area contributed by atoms with Gasteiger partial charge in [0.1, 0.15) is 48.0 Å². The van der Waals surface area contributed by atoms with Crippen molar-refractivity contribution >= 4 is 47.3 Å². The highest BCUT2D eigenvalue weighted by molar-refractivity contribution is 5.97. The Labute approximate surface area is 307 Å². The van der Waals surface area contributed by atoms with Crippen molar-refractivity contribution in [1.82, 2.24) is 36.8 Å². The number of hydrogen-bond acceptors (Lipinski definition) is 11. The van der Waals surface area contributed by atoms with Gasteiger partial charge in [-0.1, -0.05) is 26.0 Å². The number of likely N-dealkylation sites (tertiary alicyclic amines) is 1. The number of carboxylic acids is 1. The molecule has 1 fully saturated rings. The number of nitrogens with zero attached hydrogens (tertiary/aromatic N) is 1. The summed E-state index contributed by atoms with van der Waals surface area (Å²) in [5, 5.41) is 43.9. The molecule has 1 aliphatic rings. The van der Waals surface area contributed by atoms with Crippen molar-refractivity contribution in [2.75, 3.05) is 13.2 Å². The number of carbonyl (C=O) groups is 8. The Hall–Kier alpha value is -5.30. The van der Waals surface area contributed by atoms with E-state index in [1.165, 1.54) is 52.0 Å². The Morgan fingerprint density at radius 3 is 1.72 bits per heavy atom. The van der Waals surface area contributed by atoms with Crippen LogP contribution < -0.4 is 37.6 Å². The summed E-state index contributed by atoms with van der Waals surface area (Å²) in [6.45, 7) is 7.94. The zero-order chi connectivity index (χ0) is 40.2. The topological polar surface area (TPSA) is 299 Å². The number of nitrogens with two attached hydrogens (primary N) is 1. The van der Waals surface area contributed by atoms with E-state index < -0.39 is 108 Å². The van der Waals surface area contributed by atoms with Crippen LogP contribution in [-0.4, -0.2) is 129 Å². The van der Waals surface area contributed by atoms with E-state index in [0.717, 1.165) is 4.90 Å². The number of aliphatic carboxylic acids is 1. The highest BCUT2D eigenvalue weighted by Crippen LogP contribution is 2.20. The standard InChI is InChI=1S/C34H52N8O11/c1-16(2)26(34(52)53)41-31(49)23(14-21-9-11-22(44)12-10-21)39-32(50)25-8-7-13-42(25)33(51)24(15-43)40-30(48)20(6)38-29(47)19(5)37-28(46)18(4)36-27(45)17(3)35/h9-12,16-20,23-26,43-44H,7-8,13-15,35H2,1-6H3,(H,36,45)(H,37,46)(H,38,47)(H,39,50)(H,40,48)(H,41,49)(H,52,53)/t17-,18-,19-,20-,23-,24-,25-,26-/m0/s1. The number of phenolic OH excluding ortho intramolecular Hbond substituents is 1.